The van der Waals surface area contributed by atoms with Gasteiger partial charge in [-0.15, -0.1) is 6.58 Å². The summed E-state index contributed by atoms with van der Waals surface area (Å²) in [6.07, 6.45) is 6.23. The van der Waals surface area contributed by atoms with E-state index in [1.807, 2.05) is 40.8 Å². The van der Waals surface area contributed by atoms with Crippen molar-refractivity contribution >= 4 is 27.0 Å². The summed E-state index contributed by atoms with van der Waals surface area (Å²) >= 11 is 0. The molecule has 0 radical (unpaired) electrons. The van der Waals surface area contributed by atoms with Crippen molar-refractivity contribution in [1.29, 1.82) is 0 Å². The van der Waals surface area contributed by atoms with Crippen LogP contribution in [0, 0.1) is 0 Å². The molecule has 1 aliphatic rings. The van der Waals surface area contributed by atoms with E-state index in [4.69, 9.17) is 4.98 Å². The molecular weight excluding hydrogens is 460 g/mol. The second-order valence-electron chi connectivity index (χ2n) is 9.07. The van der Waals surface area contributed by atoms with Gasteiger partial charge in [0.05, 0.1) is 15.9 Å². The Kier molecular flexibility index (Phi) is 8.03. The summed E-state index contributed by atoms with van der Waals surface area (Å²) in [6.45, 7) is 6.08. The zero-order valence-corrected chi connectivity index (χ0v) is 21.2. The molecular formula is C27H34N4O3S. The highest BCUT2D eigenvalue weighted by molar-refractivity contribution is 7.89. The van der Waals surface area contributed by atoms with Crippen LogP contribution < -0.4 is 0 Å². The molecule has 0 saturated carbocycles. The van der Waals surface area contributed by atoms with E-state index in [2.05, 4.69) is 18.7 Å². The SMILES string of the molecule is C=CCN(CCc1ccccc1)C(=O)CCc1nc2cc(S(=O)(=O)N3CCCCC3)ccc2n1C. The highest BCUT2D eigenvalue weighted by Crippen LogP contribution is 2.25. The quantitative estimate of drug-likeness (QED) is 0.400. The molecule has 2 heterocycles. The van der Waals surface area contributed by atoms with Crippen LogP contribution in [0.2, 0.25) is 0 Å². The Balaban J connectivity index is 1.45. The van der Waals surface area contributed by atoms with E-state index >= 15 is 0 Å². The van der Waals surface area contributed by atoms with Gasteiger partial charge >= 0.3 is 0 Å². The van der Waals surface area contributed by atoms with Gasteiger partial charge < -0.3 is 9.47 Å². The molecule has 1 fully saturated rings. The van der Waals surface area contributed by atoms with Crippen LogP contribution in [0.3, 0.4) is 0 Å². The number of hydrogen-bond acceptors (Lipinski definition) is 4. The molecule has 0 spiro atoms. The average Bonchev–Trinajstić information content (AvgIpc) is 3.21. The smallest absolute Gasteiger partial charge is 0.243 e. The van der Waals surface area contributed by atoms with Gasteiger partial charge in [0.2, 0.25) is 15.9 Å². The number of piperidine rings is 1. The Labute approximate surface area is 208 Å². The lowest BCUT2D eigenvalue weighted by Gasteiger charge is -2.25. The molecule has 0 atom stereocenters. The summed E-state index contributed by atoms with van der Waals surface area (Å²) in [4.78, 5) is 19.8. The van der Waals surface area contributed by atoms with E-state index in [1.54, 1.807) is 22.5 Å². The van der Waals surface area contributed by atoms with Crippen LogP contribution in [0.5, 0.6) is 0 Å². The second-order valence-corrected chi connectivity index (χ2v) is 11.0. The first-order chi connectivity index (χ1) is 16.9. The lowest BCUT2D eigenvalue weighted by atomic mass is 10.1. The van der Waals surface area contributed by atoms with E-state index in [-0.39, 0.29) is 10.8 Å². The maximum Gasteiger partial charge on any atom is 0.243 e. The number of sulfonamides is 1. The van der Waals surface area contributed by atoms with Crippen molar-refractivity contribution in [2.24, 2.45) is 7.05 Å². The van der Waals surface area contributed by atoms with Crippen molar-refractivity contribution in [2.75, 3.05) is 26.2 Å². The van der Waals surface area contributed by atoms with Gasteiger partial charge in [-0.05, 0) is 43.0 Å². The molecule has 0 aliphatic carbocycles. The zero-order chi connectivity index (χ0) is 24.8. The molecule has 7 nitrogen and oxygen atoms in total. The van der Waals surface area contributed by atoms with Crippen LogP contribution in [0.25, 0.3) is 11.0 Å². The Morgan fingerprint density at radius 3 is 2.54 bits per heavy atom. The maximum atomic E-state index is 13.1. The lowest BCUT2D eigenvalue weighted by molar-refractivity contribution is -0.130. The molecule has 8 heteroatoms. The minimum atomic E-state index is -3.52. The Morgan fingerprint density at radius 1 is 1.09 bits per heavy atom. The minimum Gasteiger partial charge on any atom is -0.339 e. The molecule has 186 valence electrons. The normalized spacial score (nSPS) is 14.8. The van der Waals surface area contributed by atoms with E-state index in [0.717, 1.165) is 37.0 Å². The van der Waals surface area contributed by atoms with Gasteiger partial charge in [0.15, 0.2) is 0 Å². The molecule has 4 rings (SSSR count). The summed E-state index contributed by atoms with van der Waals surface area (Å²) < 4.78 is 29.7. The molecule has 0 unspecified atom stereocenters. The Bertz CT molecular complexity index is 1280. The Morgan fingerprint density at radius 2 is 1.83 bits per heavy atom. The number of fused-ring (bicyclic) bond motifs is 1. The molecule has 35 heavy (non-hydrogen) atoms. The van der Waals surface area contributed by atoms with Gasteiger partial charge in [0.25, 0.3) is 0 Å². The Hall–Kier alpha value is -2.97. The van der Waals surface area contributed by atoms with E-state index in [1.165, 1.54) is 5.56 Å². The number of carbonyl (C=O) groups excluding carboxylic acids is 1. The van der Waals surface area contributed by atoms with Crippen molar-refractivity contribution in [2.45, 2.75) is 43.4 Å². The maximum absolute atomic E-state index is 13.1. The molecule has 1 aliphatic heterocycles. The minimum absolute atomic E-state index is 0.0567. The monoisotopic (exact) mass is 494 g/mol. The van der Waals surface area contributed by atoms with E-state index < -0.39 is 10.0 Å². The predicted molar refractivity (Wildman–Crippen MR) is 139 cm³/mol. The zero-order valence-electron chi connectivity index (χ0n) is 20.4. The first-order valence-electron chi connectivity index (χ1n) is 12.3. The molecule has 1 amide bonds. The number of nitrogens with zero attached hydrogens (tertiary/aromatic N) is 4. The van der Waals surface area contributed by atoms with Gasteiger partial charge in [-0.3, -0.25) is 4.79 Å². The second kappa shape index (κ2) is 11.2. The van der Waals surface area contributed by atoms with E-state index in [0.29, 0.717) is 44.5 Å². The first kappa shape index (κ1) is 25.1. The molecule has 1 saturated heterocycles. The molecule has 0 bridgehead atoms. The number of aryl methyl sites for hydroxylation is 2. The number of imidazole rings is 1. The van der Waals surface area contributed by atoms with Crippen molar-refractivity contribution in [3.8, 4) is 0 Å². The number of carbonyl (C=O) groups is 1. The van der Waals surface area contributed by atoms with Gasteiger partial charge in [-0.25, -0.2) is 13.4 Å². The summed E-state index contributed by atoms with van der Waals surface area (Å²) in [7, 11) is -1.61. The first-order valence-corrected chi connectivity index (χ1v) is 13.7. The van der Waals surface area contributed by atoms with Gasteiger partial charge in [-0.2, -0.15) is 4.31 Å². The third kappa shape index (κ3) is 5.82. The number of amides is 1. The molecule has 3 aromatic rings. The standard InChI is InChI=1S/C27H34N4O3S/c1-3-17-30(20-16-22-10-6-4-7-11-22)27(32)15-14-26-28-24-21-23(12-13-25(24)29(26)2)35(33,34)31-18-8-5-9-19-31/h3-4,6-7,10-13,21H,1,5,8-9,14-20H2,2H3. The van der Waals surface area contributed by atoms with Crippen LogP contribution in [0.4, 0.5) is 0 Å². The largest absolute Gasteiger partial charge is 0.339 e. The van der Waals surface area contributed by atoms with E-state index in [9.17, 15) is 13.2 Å². The predicted octanol–water partition coefficient (Wildman–Crippen LogP) is 3.94. The summed E-state index contributed by atoms with van der Waals surface area (Å²) in [5.74, 6) is 0.823. The number of aromatic nitrogens is 2. The lowest BCUT2D eigenvalue weighted by Crippen LogP contribution is -2.35. The van der Waals surface area contributed by atoms with Gasteiger partial charge in [0, 0.05) is 46.1 Å². The highest BCUT2D eigenvalue weighted by Gasteiger charge is 2.26. The summed E-state index contributed by atoms with van der Waals surface area (Å²) in [5.41, 5.74) is 2.69. The van der Waals surface area contributed by atoms with Crippen LogP contribution in [0.15, 0.2) is 66.1 Å². The average molecular weight is 495 g/mol. The van der Waals surface area contributed by atoms with Crippen molar-refractivity contribution in [3.63, 3.8) is 0 Å². The van der Waals surface area contributed by atoms with Crippen molar-refractivity contribution in [1.82, 2.24) is 18.8 Å². The third-order valence-corrected chi connectivity index (χ3v) is 8.57. The van der Waals surface area contributed by atoms with Crippen molar-refractivity contribution < 1.29 is 13.2 Å². The fraction of sp³-hybridized carbons (Fsp3) is 0.407. The summed E-state index contributed by atoms with van der Waals surface area (Å²) in [6, 6.07) is 15.3. The number of hydrogen-bond donors (Lipinski definition) is 0. The summed E-state index contributed by atoms with van der Waals surface area (Å²) in [5, 5.41) is 0. The van der Waals surface area contributed by atoms with Crippen LogP contribution >= 0.6 is 0 Å². The fourth-order valence-electron chi connectivity index (χ4n) is 4.63. The van der Waals surface area contributed by atoms with Gasteiger partial charge in [0.1, 0.15) is 5.82 Å². The number of benzene rings is 2. The molecule has 2 aromatic carbocycles. The number of rotatable bonds is 10. The highest BCUT2D eigenvalue weighted by atomic mass is 32.2. The van der Waals surface area contributed by atoms with Crippen LogP contribution in [-0.4, -0.2) is 59.3 Å². The fourth-order valence-corrected chi connectivity index (χ4v) is 6.16. The molecule has 0 N–H and O–H groups in total. The topological polar surface area (TPSA) is 75.5 Å². The van der Waals surface area contributed by atoms with Crippen LogP contribution in [-0.2, 0) is 34.7 Å². The molecule has 1 aromatic heterocycles. The van der Waals surface area contributed by atoms with Crippen LogP contribution in [0.1, 0.15) is 37.1 Å². The van der Waals surface area contributed by atoms with Crippen molar-refractivity contribution in [3.05, 3.63) is 72.6 Å². The third-order valence-electron chi connectivity index (χ3n) is 6.68. The van der Waals surface area contributed by atoms with Gasteiger partial charge in [-0.1, -0.05) is 42.8 Å².